The van der Waals surface area contributed by atoms with Crippen LogP contribution in [0.15, 0.2) is 83.3 Å². The molecule has 1 atom stereocenters. The van der Waals surface area contributed by atoms with Gasteiger partial charge in [-0.1, -0.05) is 66.7 Å². The average Bonchev–Trinajstić information content (AvgIpc) is 2.67. The fourth-order valence-corrected chi connectivity index (χ4v) is 3.47. The topological polar surface area (TPSA) is 21.3 Å². The van der Waals surface area contributed by atoms with Gasteiger partial charge in [0, 0.05) is 12.6 Å². The Morgan fingerprint density at radius 3 is 2.19 bits per heavy atom. The molecule has 0 aliphatic rings. The molecule has 0 aromatic heterocycles. The van der Waals surface area contributed by atoms with Crippen LogP contribution < -0.4 is 10.1 Å². The van der Waals surface area contributed by atoms with E-state index in [2.05, 4.69) is 94.9 Å². The van der Waals surface area contributed by atoms with Gasteiger partial charge in [-0.2, -0.15) is 0 Å². The molecular formula is C23H24BrNO. The number of ether oxygens (including phenoxy) is 1. The molecule has 0 saturated carbocycles. The minimum atomic E-state index is 0.228. The zero-order valence-corrected chi connectivity index (χ0v) is 16.6. The van der Waals surface area contributed by atoms with Crippen molar-refractivity contribution in [1.82, 2.24) is 5.32 Å². The summed E-state index contributed by atoms with van der Waals surface area (Å²) in [5.74, 6) is 0.884. The Hall–Kier alpha value is -2.10. The Bertz CT molecular complexity index is 805. The van der Waals surface area contributed by atoms with Gasteiger partial charge in [0.1, 0.15) is 12.4 Å². The van der Waals surface area contributed by atoms with Gasteiger partial charge in [-0.05, 0) is 58.1 Å². The lowest BCUT2D eigenvalue weighted by Gasteiger charge is -2.20. The second-order valence-electron chi connectivity index (χ2n) is 6.50. The molecule has 0 unspecified atom stereocenters. The monoisotopic (exact) mass is 409 g/mol. The summed E-state index contributed by atoms with van der Waals surface area (Å²) in [5.41, 5.74) is 3.80. The van der Waals surface area contributed by atoms with Crippen molar-refractivity contribution in [2.45, 2.75) is 25.9 Å². The molecule has 1 N–H and O–H groups in total. The Morgan fingerprint density at radius 2 is 1.54 bits per heavy atom. The zero-order chi connectivity index (χ0) is 18.2. The van der Waals surface area contributed by atoms with Crippen LogP contribution in [-0.2, 0) is 13.0 Å². The number of benzene rings is 3. The van der Waals surface area contributed by atoms with Crippen LogP contribution >= 0.6 is 15.9 Å². The van der Waals surface area contributed by atoms with Gasteiger partial charge in [0.05, 0.1) is 4.47 Å². The summed E-state index contributed by atoms with van der Waals surface area (Å²) in [5, 5.41) is 3.65. The fourth-order valence-electron chi connectivity index (χ4n) is 2.86. The summed E-state index contributed by atoms with van der Waals surface area (Å²) in [4.78, 5) is 0. The molecule has 0 spiro atoms. The number of nitrogens with one attached hydrogen (secondary N) is 1. The van der Waals surface area contributed by atoms with Crippen LogP contribution in [0.25, 0.3) is 0 Å². The van der Waals surface area contributed by atoms with E-state index in [1.807, 2.05) is 12.1 Å². The van der Waals surface area contributed by atoms with Gasteiger partial charge < -0.3 is 10.1 Å². The summed E-state index contributed by atoms with van der Waals surface area (Å²) in [6.45, 7) is 3.52. The number of hydrogen-bond acceptors (Lipinski definition) is 2. The lowest BCUT2D eigenvalue weighted by molar-refractivity contribution is 0.260. The van der Waals surface area contributed by atoms with Gasteiger partial charge in [-0.3, -0.25) is 0 Å². The van der Waals surface area contributed by atoms with E-state index in [-0.39, 0.29) is 6.04 Å². The van der Waals surface area contributed by atoms with Crippen molar-refractivity contribution in [3.8, 4) is 5.75 Å². The number of halogens is 1. The van der Waals surface area contributed by atoms with Crippen molar-refractivity contribution in [1.29, 1.82) is 0 Å². The highest BCUT2D eigenvalue weighted by atomic mass is 79.9. The second-order valence-corrected chi connectivity index (χ2v) is 7.35. The van der Waals surface area contributed by atoms with Gasteiger partial charge in [0.2, 0.25) is 0 Å². The predicted molar refractivity (Wildman–Crippen MR) is 112 cm³/mol. The van der Waals surface area contributed by atoms with E-state index < -0.39 is 0 Å². The summed E-state index contributed by atoms with van der Waals surface area (Å²) >= 11 is 3.59. The first-order valence-corrected chi connectivity index (χ1v) is 9.70. The maximum Gasteiger partial charge on any atom is 0.133 e. The highest BCUT2D eigenvalue weighted by molar-refractivity contribution is 9.10. The maximum absolute atomic E-state index is 6.11. The van der Waals surface area contributed by atoms with Gasteiger partial charge in [-0.25, -0.2) is 0 Å². The van der Waals surface area contributed by atoms with Crippen LogP contribution in [0.2, 0.25) is 0 Å². The van der Waals surface area contributed by atoms with E-state index in [0.29, 0.717) is 6.61 Å². The molecule has 0 bridgehead atoms. The molecule has 0 aliphatic heterocycles. The Morgan fingerprint density at radius 1 is 0.885 bits per heavy atom. The number of hydrogen-bond donors (Lipinski definition) is 1. The van der Waals surface area contributed by atoms with Crippen molar-refractivity contribution in [3.05, 3.63) is 100 Å². The van der Waals surface area contributed by atoms with Crippen LogP contribution in [0.1, 0.15) is 16.7 Å². The summed E-state index contributed by atoms with van der Waals surface area (Å²) < 4.78 is 7.10. The first-order valence-electron chi connectivity index (χ1n) is 8.91. The number of aryl methyl sites for hydroxylation is 1. The third-order valence-electron chi connectivity index (χ3n) is 4.29. The van der Waals surface area contributed by atoms with E-state index in [1.54, 1.807) is 0 Å². The molecule has 134 valence electrons. The van der Waals surface area contributed by atoms with Crippen LogP contribution in [0, 0.1) is 6.92 Å². The molecule has 3 rings (SSSR count). The largest absolute Gasteiger partial charge is 0.491 e. The van der Waals surface area contributed by atoms with E-state index in [9.17, 15) is 0 Å². The van der Waals surface area contributed by atoms with Crippen molar-refractivity contribution >= 4 is 15.9 Å². The second kappa shape index (κ2) is 9.56. The van der Waals surface area contributed by atoms with Crippen molar-refractivity contribution in [3.63, 3.8) is 0 Å². The summed E-state index contributed by atoms with van der Waals surface area (Å²) in [6.07, 6.45) is 0.928. The molecule has 0 aliphatic carbocycles. The van der Waals surface area contributed by atoms with E-state index in [4.69, 9.17) is 4.74 Å². The molecule has 2 nitrogen and oxygen atoms in total. The number of rotatable bonds is 8. The van der Waals surface area contributed by atoms with Crippen LogP contribution in [0.3, 0.4) is 0 Å². The van der Waals surface area contributed by atoms with Crippen LogP contribution in [0.4, 0.5) is 0 Å². The highest BCUT2D eigenvalue weighted by Crippen LogP contribution is 2.26. The Balaban J connectivity index is 1.65. The minimum absolute atomic E-state index is 0.228. The first kappa shape index (κ1) is 18.7. The third-order valence-corrected chi connectivity index (χ3v) is 4.91. The zero-order valence-electron chi connectivity index (χ0n) is 15.0. The van der Waals surface area contributed by atoms with E-state index >= 15 is 0 Å². The fraction of sp³-hybridized carbons (Fsp3) is 0.217. The highest BCUT2D eigenvalue weighted by Gasteiger charge is 2.12. The maximum atomic E-state index is 6.11. The van der Waals surface area contributed by atoms with Gasteiger partial charge in [0.15, 0.2) is 0 Å². The summed E-state index contributed by atoms with van der Waals surface area (Å²) in [6, 6.07) is 27.4. The predicted octanol–water partition coefficient (Wildman–Crippen LogP) is 5.54. The SMILES string of the molecule is Cc1ccc(OC[C@H](Cc2ccccc2)NCc2ccccc2)c(Br)c1. The lowest BCUT2D eigenvalue weighted by atomic mass is 10.1. The smallest absolute Gasteiger partial charge is 0.133 e. The molecule has 3 aromatic carbocycles. The molecule has 0 heterocycles. The van der Waals surface area contributed by atoms with E-state index in [0.717, 1.165) is 23.2 Å². The standard InChI is InChI=1S/C23H24BrNO/c1-18-12-13-23(22(24)14-18)26-17-21(15-19-8-4-2-5-9-19)25-16-20-10-6-3-7-11-20/h2-14,21,25H,15-17H2,1H3/t21-/m0/s1. The minimum Gasteiger partial charge on any atom is -0.491 e. The first-order chi connectivity index (χ1) is 12.7. The lowest BCUT2D eigenvalue weighted by Crippen LogP contribution is -2.36. The molecule has 0 saturated heterocycles. The molecule has 0 radical (unpaired) electrons. The Labute approximate surface area is 164 Å². The van der Waals surface area contributed by atoms with Gasteiger partial charge >= 0.3 is 0 Å². The summed E-state index contributed by atoms with van der Waals surface area (Å²) in [7, 11) is 0. The van der Waals surface area contributed by atoms with Crippen molar-refractivity contribution < 1.29 is 4.74 Å². The van der Waals surface area contributed by atoms with Crippen molar-refractivity contribution in [2.75, 3.05) is 6.61 Å². The molecular weight excluding hydrogens is 386 g/mol. The van der Waals surface area contributed by atoms with E-state index in [1.165, 1.54) is 16.7 Å². The molecule has 26 heavy (non-hydrogen) atoms. The third kappa shape index (κ3) is 5.72. The van der Waals surface area contributed by atoms with Crippen LogP contribution in [0.5, 0.6) is 5.75 Å². The normalized spacial score (nSPS) is 11.9. The quantitative estimate of drug-likeness (QED) is 0.527. The van der Waals surface area contributed by atoms with Crippen molar-refractivity contribution in [2.24, 2.45) is 0 Å². The van der Waals surface area contributed by atoms with Gasteiger partial charge in [-0.15, -0.1) is 0 Å². The molecule has 0 fully saturated rings. The van der Waals surface area contributed by atoms with Gasteiger partial charge in [0.25, 0.3) is 0 Å². The van der Waals surface area contributed by atoms with Crippen LogP contribution in [-0.4, -0.2) is 12.6 Å². The molecule has 3 aromatic rings. The molecule has 3 heteroatoms. The average molecular weight is 410 g/mol. The molecule has 0 amide bonds. The Kier molecular flexibility index (Phi) is 6.87.